The SMILES string of the molecule is Cn1c(=O)n(C2CCC(=O)NC2=O)c2ccc(CCCN3CCN(c4ccc5nn([C@H]6CC[C@H](CNC(=O)c7cc(F)c(O)c(F)c7F)CC6)cc5n4)CC3)cc21. The average Bonchev–Trinajstić information content (AvgIpc) is 3.75. The molecule has 2 aromatic carbocycles. The number of aryl methyl sites for hydroxylation is 2. The third-order valence-corrected chi connectivity index (χ3v) is 11.8. The molecule has 2 aliphatic heterocycles. The lowest BCUT2D eigenvalue weighted by molar-refractivity contribution is -0.135. The molecule has 14 nitrogen and oxygen atoms in total. The van der Waals surface area contributed by atoms with Crippen LogP contribution in [0.15, 0.2) is 47.4 Å². The number of amides is 3. The van der Waals surface area contributed by atoms with Crippen molar-refractivity contribution in [3.63, 3.8) is 0 Å². The summed E-state index contributed by atoms with van der Waals surface area (Å²) in [5.41, 5.74) is 3.16. The summed E-state index contributed by atoms with van der Waals surface area (Å²) in [5, 5.41) is 19.0. The number of benzene rings is 2. The van der Waals surface area contributed by atoms with Gasteiger partial charge in [0.1, 0.15) is 22.9 Å². The highest BCUT2D eigenvalue weighted by atomic mass is 19.2. The minimum absolute atomic E-state index is 0.112. The van der Waals surface area contributed by atoms with Crippen LogP contribution in [0, 0.1) is 23.4 Å². The Bertz CT molecular complexity index is 2430. The summed E-state index contributed by atoms with van der Waals surface area (Å²) >= 11 is 0. The van der Waals surface area contributed by atoms with Gasteiger partial charge in [0.05, 0.1) is 28.8 Å². The first-order chi connectivity index (χ1) is 27.4. The molecule has 17 heteroatoms. The number of imide groups is 1. The van der Waals surface area contributed by atoms with Crippen molar-refractivity contribution in [2.45, 2.75) is 63.5 Å². The van der Waals surface area contributed by atoms with Crippen molar-refractivity contribution in [2.24, 2.45) is 13.0 Å². The molecule has 300 valence electrons. The van der Waals surface area contributed by atoms with Gasteiger partial charge in [0.2, 0.25) is 17.6 Å². The number of fused-ring (bicyclic) bond motifs is 2. The van der Waals surface area contributed by atoms with E-state index in [1.807, 2.05) is 41.2 Å². The molecule has 1 saturated carbocycles. The monoisotopic (exact) mass is 787 g/mol. The first-order valence-corrected chi connectivity index (χ1v) is 19.5. The highest BCUT2D eigenvalue weighted by Gasteiger charge is 2.32. The molecule has 8 rings (SSSR count). The van der Waals surface area contributed by atoms with E-state index in [0.717, 1.165) is 99.2 Å². The Morgan fingerprint density at radius 2 is 1.70 bits per heavy atom. The van der Waals surface area contributed by atoms with Crippen LogP contribution in [0.4, 0.5) is 19.0 Å². The first-order valence-electron chi connectivity index (χ1n) is 19.5. The van der Waals surface area contributed by atoms with Gasteiger partial charge in [-0.15, -0.1) is 0 Å². The number of rotatable bonds is 10. The van der Waals surface area contributed by atoms with Crippen LogP contribution in [0.2, 0.25) is 0 Å². The average molecular weight is 788 g/mol. The number of carbonyl (C=O) groups excluding carboxylic acids is 3. The van der Waals surface area contributed by atoms with Crippen molar-refractivity contribution in [2.75, 3.05) is 44.2 Å². The number of aromatic nitrogens is 5. The van der Waals surface area contributed by atoms with Gasteiger partial charge in [0.25, 0.3) is 5.91 Å². The second-order valence-corrected chi connectivity index (χ2v) is 15.4. The number of nitrogens with one attached hydrogen (secondary N) is 2. The lowest BCUT2D eigenvalue weighted by Crippen LogP contribution is -2.47. The minimum atomic E-state index is -1.79. The van der Waals surface area contributed by atoms with Crippen molar-refractivity contribution < 1.29 is 32.7 Å². The van der Waals surface area contributed by atoms with E-state index in [1.54, 1.807) is 11.6 Å². The lowest BCUT2D eigenvalue weighted by Gasteiger charge is -2.35. The van der Waals surface area contributed by atoms with Gasteiger partial charge >= 0.3 is 5.69 Å². The Morgan fingerprint density at radius 3 is 2.46 bits per heavy atom. The van der Waals surface area contributed by atoms with Crippen LogP contribution in [0.3, 0.4) is 0 Å². The predicted molar refractivity (Wildman–Crippen MR) is 204 cm³/mol. The fourth-order valence-corrected chi connectivity index (χ4v) is 8.48. The molecule has 1 unspecified atom stereocenters. The fourth-order valence-electron chi connectivity index (χ4n) is 8.48. The number of aromatic hydroxyl groups is 1. The van der Waals surface area contributed by atoms with E-state index < -0.39 is 46.6 Å². The third kappa shape index (κ3) is 7.59. The van der Waals surface area contributed by atoms with Crippen LogP contribution in [0.5, 0.6) is 5.75 Å². The van der Waals surface area contributed by atoms with Crippen molar-refractivity contribution >= 4 is 45.6 Å². The topological polar surface area (TPSA) is 160 Å². The fraction of sp³-hybridized carbons (Fsp3) is 0.450. The molecule has 1 aliphatic carbocycles. The zero-order chi connectivity index (χ0) is 40.0. The number of pyridine rings is 1. The molecule has 3 aromatic heterocycles. The normalized spacial score (nSPS) is 20.7. The molecule has 5 aromatic rings. The molecular formula is C40H44F3N9O5. The lowest BCUT2D eigenvalue weighted by atomic mass is 9.86. The van der Waals surface area contributed by atoms with E-state index in [-0.39, 0.29) is 36.5 Å². The maximum Gasteiger partial charge on any atom is 0.329 e. The number of imidazole rings is 1. The van der Waals surface area contributed by atoms with E-state index in [0.29, 0.717) is 18.0 Å². The zero-order valence-corrected chi connectivity index (χ0v) is 31.5. The number of piperidine rings is 1. The molecule has 3 fully saturated rings. The summed E-state index contributed by atoms with van der Waals surface area (Å²) in [4.78, 5) is 59.4. The number of hydrogen-bond acceptors (Lipinski definition) is 9. The molecule has 2 saturated heterocycles. The summed E-state index contributed by atoms with van der Waals surface area (Å²) in [6.45, 7) is 4.67. The van der Waals surface area contributed by atoms with E-state index in [9.17, 15) is 37.5 Å². The Labute approximate surface area is 325 Å². The molecule has 1 atom stereocenters. The van der Waals surface area contributed by atoms with Gasteiger partial charge in [-0.05, 0) is 93.3 Å². The van der Waals surface area contributed by atoms with Gasteiger partial charge in [0, 0.05) is 46.2 Å². The molecule has 3 aliphatic rings. The summed E-state index contributed by atoms with van der Waals surface area (Å²) in [6.07, 6.45) is 7.48. The quantitative estimate of drug-likeness (QED) is 0.140. The van der Waals surface area contributed by atoms with Crippen LogP contribution in [-0.2, 0) is 23.1 Å². The highest BCUT2D eigenvalue weighted by molar-refractivity contribution is 6.00. The van der Waals surface area contributed by atoms with Gasteiger partial charge in [-0.1, -0.05) is 6.07 Å². The second-order valence-electron chi connectivity index (χ2n) is 15.4. The van der Waals surface area contributed by atoms with Gasteiger partial charge in [-0.25, -0.2) is 18.6 Å². The van der Waals surface area contributed by atoms with Crippen LogP contribution in [0.25, 0.3) is 22.1 Å². The van der Waals surface area contributed by atoms with E-state index >= 15 is 0 Å². The number of hydrogen-bond donors (Lipinski definition) is 3. The summed E-state index contributed by atoms with van der Waals surface area (Å²) in [6, 6.07) is 9.91. The summed E-state index contributed by atoms with van der Waals surface area (Å²) in [7, 11) is 1.71. The molecule has 5 heterocycles. The number of halogens is 3. The second kappa shape index (κ2) is 15.7. The number of anilines is 1. The van der Waals surface area contributed by atoms with Crippen LogP contribution >= 0.6 is 0 Å². The Hall–Kier alpha value is -5.71. The molecule has 0 spiro atoms. The first kappa shape index (κ1) is 38.2. The largest absolute Gasteiger partial charge is 0.503 e. The van der Waals surface area contributed by atoms with Crippen LogP contribution in [-0.4, -0.2) is 90.9 Å². The number of carbonyl (C=O) groups is 3. The van der Waals surface area contributed by atoms with Crippen molar-refractivity contribution in [3.8, 4) is 5.75 Å². The molecule has 57 heavy (non-hydrogen) atoms. The zero-order valence-electron chi connectivity index (χ0n) is 31.5. The van der Waals surface area contributed by atoms with Crippen molar-refractivity contribution in [1.29, 1.82) is 0 Å². The third-order valence-electron chi connectivity index (χ3n) is 11.8. The number of nitrogens with zero attached hydrogens (tertiary/aromatic N) is 7. The maximum absolute atomic E-state index is 14.1. The van der Waals surface area contributed by atoms with E-state index in [2.05, 4.69) is 20.4 Å². The molecule has 3 N–H and O–H groups in total. The minimum Gasteiger partial charge on any atom is -0.503 e. The Morgan fingerprint density at radius 1 is 0.930 bits per heavy atom. The highest BCUT2D eigenvalue weighted by Crippen LogP contribution is 2.33. The van der Waals surface area contributed by atoms with Gasteiger partial charge in [-0.3, -0.25) is 38.4 Å². The van der Waals surface area contributed by atoms with Gasteiger partial charge in [-0.2, -0.15) is 9.49 Å². The smallest absolute Gasteiger partial charge is 0.329 e. The number of piperazine rings is 1. The molecular weight excluding hydrogens is 743 g/mol. The van der Waals surface area contributed by atoms with Crippen LogP contribution < -0.4 is 21.2 Å². The number of phenolic OH excluding ortho intramolecular Hbond substituents is 1. The number of phenols is 1. The van der Waals surface area contributed by atoms with E-state index in [1.165, 1.54) is 4.57 Å². The van der Waals surface area contributed by atoms with Crippen molar-refractivity contribution in [1.82, 2.24) is 39.4 Å². The Kier molecular flexibility index (Phi) is 10.5. The maximum atomic E-state index is 14.1. The van der Waals surface area contributed by atoms with E-state index in [4.69, 9.17) is 10.1 Å². The van der Waals surface area contributed by atoms with Crippen molar-refractivity contribution in [3.05, 3.63) is 81.7 Å². The standard InChI is InChI=1S/C40H44F3N9O5/c1-48-32-19-23(6-10-30(32)52(40(48)57)31-11-13-34(53)46-39(31)56)3-2-14-49-15-17-50(18-16-49)33-12-9-28-29(45-33)22-51(47-28)25-7-4-24(5-8-25)21-44-38(55)26-20-27(41)37(54)36(43)35(26)42/h6,9-10,12,19-20,22,24-25,31,54H,2-5,7-8,11,13-18,21H2,1H3,(H,44,55)(H,46,53,56)/t24-,25-,31?. The van der Waals surface area contributed by atoms with Crippen LogP contribution in [0.1, 0.15) is 73.0 Å². The van der Waals surface area contributed by atoms with Gasteiger partial charge < -0.3 is 15.3 Å². The molecule has 0 radical (unpaired) electrons. The predicted octanol–water partition coefficient (Wildman–Crippen LogP) is 4.10. The van der Waals surface area contributed by atoms with Gasteiger partial charge in [0.15, 0.2) is 17.4 Å². The summed E-state index contributed by atoms with van der Waals surface area (Å²) in [5.74, 6) is -6.88. The Balaban J connectivity index is 0.800. The molecule has 3 amide bonds. The molecule has 0 bridgehead atoms. The summed E-state index contributed by atoms with van der Waals surface area (Å²) < 4.78 is 46.6.